The van der Waals surface area contributed by atoms with Gasteiger partial charge in [-0.2, -0.15) is 5.10 Å². The van der Waals surface area contributed by atoms with Crippen LogP contribution >= 0.6 is 0 Å². The molecule has 0 radical (unpaired) electrons. The molecule has 2 N–H and O–H groups in total. The van der Waals surface area contributed by atoms with Crippen molar-refractivity contribution >= 4 is 11.8 Å². The van der Waals surface area contributed by atoms with E-state index in [9.17, 15) is 14.7 Å². The van der Waals surface area contributed by atoms with E-state index in [4.69, 9.17) is 14.6 Å². The molecule has 2 fully saturated rings. The van der Waals surface area contributed by atoms with E-state index < -0.39 is 6.29 Å². The number of amides is 2. The normalized spacial score (nSPS) is 19.9. The number of ether oxygens (including phenoxy) is 2. The molecule has 1 aromatic heterocycles. The number of aryl methyl sites for hydroxylation is 2. The molecule has 2 aromatic rings. The molecule has 3 aliphatic heterocycles. The lowest BCUT2D eigenvalue weighted by Gasteiger charge is -2.36. The van der Waals surface area contributed by atoms with Gasteiger partial charge in [0.15, 0.2) is 6.29 Å². The largest absolute Gasteiger partial charge is 0.381 e. The van der Waals surface area contributed by atoms with E-state index >= 15 is 0 Å². The zero-order valence-corrected chi connectivity index (χ0v) is 21.7. The molecule has 5 rings (SSSR count). The van der Waals surface area contributed by atoms with E-state index in [2.05, 4.69) is 5.32 Å². The molecule has 9 nitrogen and oxygen atoms in total. The van der Waals surface area contributed by atoms with Crippen molar-refractivity contribution in [3.8, 4) is 0 Å². The minimum Gasteiger partial charge on any atom is -0.381 e. The zero-order valence-electron chi connectivity index (χ0n) is 21.7. The fraction of sp³-hybridized carbons (Fsp3) is 0.607. The minimum atomic E-state index is -1.06. The van der Waals surface area contributed by atoms with Crippen LogP contribution in [0.3, 0.4) is 0 Å². The first kappa shape index (κ1) is 25.9. The fourth-order valence-corrected chi connectivity index (χ4v) is 5.79. The zero-order chi connectivity index (χ0) is 25.8. The van der Waals surface area contributed by atoms with Gasteiger partial charge in [0.25, 0.3) is 11.8 Å². The van der Waals surface area contributed by atoms with Gasteiger partial charge in [-0.05, 0) is 69.4 Å². The molecule has 1 atom stereocenters. The first-order chi connectivity index (χ1) is 18.0. The second kappa shape index (κ2) is 11.3. The lowest BCUT2D eigenvalue weighted by Crippen LogP contribution is -2.40. The minimum absolute atomic E-state index is 0.0184. The quantitative estimate of drug-likeness (QED) is 0.418. The molecule has 2 amide bonds. The van der Waals surface area contributed by atoms with Crippen molar-refractivity contribution in [1.82, 2.24) is 20.0 Å². The number of nitrogens with zero attached hydrogens (tertiary/aromatic N) is 3. The summed E-state index contributed by atoms with van der Waals surface area (Å²) >= 11 is 0. The molecule has 37 heavy (non-hydrogen) atoms. The van der Waals surface area contributed by atoms with Gasteiger partial charge in [0, 0.05) is 56.1 Å². The summed E-state index contributed by atoms with van der Waals surface area (Å²) in [5, 5.41) is 18.5. The molecule has 0 bridgehead atoms. The molecule has 4 heterocycles. The predicted molar refractivity (Wildman–Crippen MR) is 137 cm³/mol. The first-order valence-electron chi connectivity index (χ1n) is 13.6. The summed E-state index contributed by atoms with van der Waals surface area (Å²) in [5.74, 6) is -0.00128. The van der Waals surface area contributed by atoms with Crippen LogP contribution in [0.25, 0.3) is 0 Å². The molecular weight excluding hydrogens is 472 g/mol. The van der Waals surface area contributed by atoms with Crippen molar-refractivity contribution in [2.75, 3.05) is 39.5 Å². The van der Waals surface area contributed by atoms with Gasteiger partial charge in [-0.25, -0.2) is 0 Å². The van der Waals surface area contributed by atoms with Gasteiger partial charge in [0.1, 0.15) is 5.69 Å². The summed E-state index contributed by atoms with van der Waals surface area (Å²) in [6.45, 7) is 6.74. The summed E-state index contributed by atoms with van der Waals surface area (Å²) in [7, 11) is 0. The summed E-state index contributed by atoms with van der Waals surface area (Å²) in [6.07, 6.45) is 5.09. The number of benzene rings is 1. The van der Waals surface area contributed by atoms with Gasteiger partial charge in [0.2, 0.25) is 0 Å². The topological polar surface area (TPSA) is 106 Å². The molecule has 2 saturated heterocycles. The van der Waals surface area contributed by atoms with Crippen molar-refractivity contribution < 1.29 is 24.2 Å². The van der Waals surface area contributed by atoms with Gasteiger partial charge in [-0.15, -0.1) is 0 Å². The number of carbonyl (C=O) groups is 2. The van der Waals surface area contributed by atoms with Gasteiger partial charge in [-0.1, -0.05) is 12.1 Å². The fourth-order valence-electron chi connectivity index (χ4n) is 5.79. The molecule has 0 aliphatic carbocycles. The number of hydrogen-bond donors (Lipinski definition) is 2. The van der Waals surface area contributed by atoms with E-state index in [1.54, 1.807) is 24.3 Å². The standard InChI is InChI=1S/C28H38N4O5/c1-2-32-24-22(18-28(19-29-25(24)33)11-16-36-17-12-28)23(30-32)6-5-15-37-27(35)21-9-7-20(8-10-21)26(34)31-13-3-4-14-31/h7-10,27,35H,2-6,11-19H2,1H3,(H,29,33). The Balaban J connectivity index is 1.19. The number of carbonyl (C=O) groups excluding carboxylic acids is 2. The Morgan fingerprint density at radius 3 is 2.65 bits per heavy atom. The third-order valence-corrected chi connectivity index (χ3v) is 8.05. The van der Waals surface area contributed by atoms with Crippen molar-refractivity contribution in [3.63, 3.8) is 0 Å². The van der Waals surface area contributed by atoms with Crippen LogP contribution in [0, 0.1) is 5.41 Å². The molecule has 1 spiro atoms. The number of hydrogen-bond acceptors (Lipinski definition) is 6. The highest BCUT2D eigenvalue weighted by molar-refractivity contribution is 5.95. The molecule has 3 aliphatic rings. The smallest absolute Gasteiger partial charge is 0.269 e. The number of nitrogens with one attached hydrogen (secondary N) is 1. The van der Waals surface area contributed by atoms with Gasteiger partial charge >= 0.3 is 0 Å². The van der Waals surface area contributed by atoms with Crippen LogP contribution in [0.4, 0.5) is 0 Å². The Hall–Kier alpha value is -2.75. The highest BCUT2D eigenvalue weighted by Crippen LogP contribution is 2.38. The Morgan fingerprint density at radius 1 is 1.22 bits per heavy atom. The van der Waals surface area contributed by atoms with Crippen LogP contribution in [0.2, 0.25) is 0 Å². The molecule has 200 valence electrons. The number of fused-ring (bicyclic) bond motifs is 1. The monoisotopic (exact) mass is 510 g/mol. The van der Waals surface area contributed by atoms with Crippen molar-refractivity contribution in [2.24, 2.45) is 5.41 Å². The average molecular weight is 511 g/mol. The van der Waals surface area contributed by atoms with E-state index in [1.807, 2.05) is 16.5 Å². The predicted octanol–water partition coefficient (Wildman–Crippen LogP) is 2.86. The van der Waals surface area contributed by atoms with Crippen molar-refractivity contribution in [3.05, 3.63) is 52.3 Å². The maximum absolute atomic E-state index is 13.0. The van der Waals surface area contributed by atoms with Crippen molar-refractivity contribution in [1.29, 1.82) is 0 Å². The number of rotatable bonds is 8. The van der Waals surface area contributed by atoms with Crippen LogP contribution < -0.4 is 5.32 Å². The maximum Gasteiger partial charge on any atom is 0.269 e. The van der Waals surface area contributed by atoms with Crippen LogP contribution in [0.5, 0.6) is 0 Å². The molecule has 0 saturated carbocycles. The van der Waals surface area contributed by atoms with Crippen molar-refractivity contribution in [2.45, 2.75) is 64.7 Å². The molecule has 1 aromatic carbocycles. The summed E-state index contributed by atoms with van der Waals surface area (Å²) in [6, 6.07) is 7.02. The summed E-state index contributed by atoms with van der Waals surface area (Å²) in [4.78, 5) is 27.4. The first-order valence-corrected chi connectivity index (χ1v) is 13.6. The number of likely N-dealkylation sites (tertiary alicyclic amines) is 1. The SMILES string of the molecule is CCn1nc(CCCOC(O)c2ccc(C(=O)N3CCCC3)cc2)c2c1C(=O)NCC1(CCOCC1)C2. The second-order valence-corrected chi connectivity index (χ2v) is 10.5. The highest BCUT2D eigenvalue weighted by atomic mass is 16.6. The Bertz CT molecular complexity index is 1100. The Morgan fingerprint density at radius 2 is 1.95 bits per heavy atom. The van der Waals surface area contributed by atoms with E-state index in [-0.39, 0.29) is 17.2 Å². The third-order valence-electron chi connectivity index (χ3n) is 8.05. The number of aliphatic hydroxyl groups is 1. The van der Waals surface area contributed by atoms with Gasteiger partial charge in [0.05, 0.1) is 12.3 Å². The van der Waals surface area contributed by atoms with E-state index in [0.29, 0.717) is 49.4 Å². The van der Waals surface area contributed by atoms with Gasteiger partial charge < -0.3 is 24.8 Å². The number of aromatic nitrogens is 2. The van der Waals surface area contributed by atoms with E-state index in [0.717, 1.165) is 69.7 Å². The maximum atomic E-state index is 13.0. The Kier molecular flexibility index (Phi) is 7.92. The average Bonchev–Trinajstić information content (AvgIpc) is 3.56. The van der Waals surface area contributed by atoms with Gasteiger partial charge in [-0.3, -0.25) is 14.3 Å². The lowest BCUT2D eigenvalue weighted by atomic mass is 9.75. The second-order valence-electron chi connectivity index (χ2n) is 10.5. The van der Waals surface area contributed by atoms with E-state index in [1.165, 1.54) is 0 Å². The van der Waals surface area contributed by atoms with Crippen LogP contribution in [0.1, 0.15) is 83.0 Å². The molecule has 9 heteroatoms. The lowest BCUT2D eigenvalue weighted by molar-refractivity contribution is -0.103. The Labute approximate surface area is 218 Å². The van der Waals surface area contributed by atoms with Crippen LogP contribution in [-0.2, 0) is 28.9 Å². The summed E-state index contributed by atoms with van der Waals surface area (Å²) in [5.41, 5.74) is 3.96. The number of aliphatic hydroxyl groups excluding tert-OH is 1. The highest BCUT2D eigenvalue weighted by Gasteiger charge is 2.39. The van der Waals surface area contributed by atoms with Crippen LogP contribution in [-0.4, -0.2) is 71.1 Å². The third kappa shape index (κ3) is 5.58. The van der Waals surface area contributed by atoms with Crippen LogP contribution in [0.15, 0.2) is 24.3 Å². The summed E-state index contributed by atoms with van der Waals surface area (Å²) < 4.78 is 13.1. The molecule has 1 unspecified atom stereocenters. The molecular formula is C28H38N4O5.